The van der Waals surface area contributed by atoms with Gasteiger partial charge in [0.05, 0.1) is 9.79 Å². The molecule has 0 saturated heterocycles. The quantitative estimate of drug-likeness (QED) is 0.283. The van der Waals surface area contributed by atoms with Gasteiger partial charge >= 0.3 is 10.1 Å². The number of nitrogens with zero attached hydrogens (tertiary/aromatic N) is 1. The van der Waals surface area contributed by atoms with Crippen LogP contribution in [-0.4, -0.2) is 21.8 Å². The molecule has 3 aromatic carbocycles. The zero-order valence-corrected chi connectivity index (χ0v) is 20.6. The third kappa shape index (κ3) is 5.62. The Balaban J connectivity index is 1.50. The van der Waals surface area contributed by atoms with Gasteiger partial charge in [-0.2, -0.15) is 8.42 Å². The summed E-state index contributed by atoms with van der Waals surface area (Å²) in [6, 6.07) is 21.6. The maximum atomic E-state index is 12.9. The van der Waals surface area contributed by atoms with Crippen molar-refractivity contribution in [2.45, 2.75) is 21.2 Å². The fourth-order valence-corrected chi connectivity index (χ4v) is 5.64. The van der Waals surface area contributed by atoms with E-state index >= 15 is 0 Å². The van der Waals surface area contributed by atoms with Crippen LogP contribution in [0.15, 0.2) is 112 Å². The van der Waals surface area contributed by atoms with E-state index in [9.17, 15) is 16.8 Å². The maximum absolute atomic E-state index is 12.9. The number of benzene rings is 3. The summed E-state index contributed by atoms with van der Waals surface area (Å²) in [4.78, 5) is 3.74. The molecule has 4 aromatic rings. The minimum atomic E-state index is -4.25. The molecule has 1 unspecified atom stereocenters. The molecule has 1 N–H and O–H groups in total. The Morgan fingerprint density at radius 1 is 0.794 bits per heavy atom. The largest absolute Gasteiger partial charge is 0.381 e. The van der Waals surface area contributed by atoms with Crippen molar-refractivity contribution in [1.82, 2.24) is 4.98 Å². The molecule has 174 valence electrons. The van der Waals surface area contributed by atoms with Gasteiger partial charge in [-0.05, 0) is 71.5 Å². The Bertz CT molecular complexity index is 1490. The number of hydrogen-bond donors (Lipinski definition) is 1. The van der Waals surface area contributed by atoms with Crippen molar-refractivity contribution in [1.29, 1.82) is 0 Å². The standard InChI is InChI=1S/C24H21N2O5PS2/c27-33(28,22-12-10-21(32)11-13-22)23-4-1-5-24(15-23)34(29,30)31-20-8-6-19(7-9-20)26-17-18-3-2-14-25-16-18/h1-16,26H,17,32H2. The molecule has 0 aliphatic heterocycles. The van der Waals surface area contributed by atoms with Crippen LogP contribution in [0.4, 0.5) is 5.69 Å². The Hall–Kier alpha value is -3.26. The van der Waals surface area contributed by atoms with E-state index < -0.39 is 20.0 Å². The Morgan fingerprint density at radius 3 is 2.18 bits per heavy atom. The summed E-state index contributed by atoms with van der Waals surface area (Å²) in [6.45, 7) is 0.563. The smallest absolute Gasteiger partial charge is 0.339 e. The van der Waals surface area contributed by atoms with E-state index in [0.717, 1.165) is 22.6 Å². The van der Waals surface area contributed by atoms with Crippen molar-refractivity contribution in [3.8, 4) is 5.75 Å². The van der Waals surface area contributed by atoms with Gasteiger partial charge in [-0.3, -0.25) is 4.98 Å². The molecular formula is C24H21N2O5PS2. The third-order valence-electron chi connectivity index (χ3n) is 4.87. The van der Waals surface area contributed by atoms with Crippen molar-refractivity contribution in [2.75, 3.05) is 5.32 Å². The van der Waals surface area contributed by atoms with E-state index in [2.05, 4.69) is 19.5 Å². The van der Waals surface area contributed by atoms with Gasteiger partial charge in [0.25, 0.3) is 0 Å². The van der Waals surface area contributed by atoms with Crippen LogP contribution in [0.1, 0.15) is 5.56 Å². The van der Waals surface area contributed by atoms with Crippen LogP contribution in [-0.2, 0) is 26.5 Å². The number of rotatable bonds is 8. The minimum Gasteiger partial charge on any atom is -0.381 e. The van der Waals surface area contributed by atoms with Gasteiger partial charge in [-0.15, -0.1) is 9.24 Å². The average molecular weight is 513 g/mol. The van der Waals surface area contributed by atoms with E-state index in [1.54, 1.807) is 36.7 Å². The van der Waals surface area contributed by atoms with Crippen molar-refractivity contribution in [3.05, 3.63) is 103 Å². The molecule has 0 spiro atoms. The molecule has 1 atom stereocenters. The van der Waals surface area contributed by atoms with Crippen molar-refractivity contribution in [2.24, 2.45) is 0 Å². The molecule has 0 aliphatic carbocycles. The van der Waals surface area contributed by atoms with Crippen molar-refractivity contribution in [3.63, 3.8) is 0 Å². The highest BCUT2D eigenvalue weighted by molar-refractivity contribution is 7.91. The summed E-state index contributed by atoms with van der Waals surface area (Å²) >= 11 is 0. The highest BCUT2D eigenvalue weighted by atomic mass is 32.2. The van der Waals surface area contributed by atoms with E-state index in [1.165, 1.54) is 42.5 Å². The molecule has 34 heavy (non-hydrogen) atoms. The van der Waals surface area contributed by atoms with Crippen LogP contribution in [0.3, 0.4) is 0 Å². The Labute approximate surface area is 201 Å². The Kier molecular flexibility index (Phi) is 6.97. The van der Waals surface area contributed by atoms with Gasteiger partial charge in [0.1, 0.15) is 10.6 Å². The first kappa shape index (κ1) is 23.9. The zero-order chi connectivity index (χ0) is 24.2. The highest BCUT2D eigenvalue weighted by Crippen LogP contribution is 2.25. The molecular weight excluding hydrogens is 491 g/mol. The number of sulfone groups is 1. The fourth-order valence-electron chi connectivity index (χ4n) is 3.09. The average Bonchev–Trinajstić information content (AvgIpc) is 2.84. The molecule has 7 nitrogen and oxygen atoms in total. The topological polar surface area (TPSA) is 102 Å². The predicted molar refractivity (Wildman–Crippen MR) is 133 cm³/mol. The molecule has 10 heteroatoms. The van der Waals surface area contributed by atoms with Crippen LogP contribution < -0.4 is 14.8 Å². The second kappa shape index (κ2) is 9.93. The molecule has 0 radical (unpaired) electrons. The third-order valence-corrected chi connectivity index (χ3v) is 8.27. The first-order valence-corrected chi connectivity index (χ1v) is 13.6. The van der Waals surface area contributed by atoms with E-state index in [4.69, 9.17) is 4.18 Å². The lowest BCUT2D eigenvalue weighted by Crippen LogP contribution is -2.11. The summed E-state index contributed by atoms with van der Waals surface area (Å²) in [5.41, 5.74) is 1.78. The molecule has 1 heterocycles. The van der Waals surface area contributed by atoms with Gasteiger partial charge in [0.15, 0.2) is 0 Å². The first-order chi connectivity index (χ1) is 16.2. The van der Waals surface area contributed by atoms with Crippen LogP contribution in [0.25, 0.3) is 0 Å². The zero-order valence-electron chi connectivity index (χ0n) is 17.8. The number of aromatic nitrogens is 1. The molecule has 0 aliphatic rings. The summed E-state index contributed by atoms with van der Waals surface area (Å²) in [6.07, 6.45) is 3.45. The predicted octanol–water partition coefficient (Wildman–Crippen LogP) is 3.79. The van der Waals surface area contributed by atoms with Gasteiger partial charge in [0.2, 0.25) is 9.84 Å². The number of hydrogen-bond acceptors (Lipinski definition) is 7. The van der Waals surface area contributed by atoms with Gasteiger partial charge in [-0.25, -0.2) is 8.42 Å². The molecule has 0 saturated carbocycles. The molecule has 0 bridgehead atoms. The van der Waals surface area contributed by atoms with Crippen molar-refractivity contribution >= 4 is 40.2 Å². The minimum absolute atomic E-state index is 0.0727. The number of anilines is 1. The SMILES string of the molecule is O=S(=O)(Oc1ccc(NCc2cccnc2)cc1)c1cccc(S(=O)(=O)c2ccc(P)cc2)c1. The van der Waals surface area contributed by atoms with E-state index in [0.29, 0.717) is 6.54 Å². The Morgan fingerprint density at radius 2 is 1.50 bits per heavy atom. The highest BCUT2D eigenvalue weighted by Gasteiger charge is 2.22. The second-order valence-corrected chi connectivity index (χ2v) is 11.5. The lowest BCUT2D eigenvalue weighted by molar-refractivity contribution is 0.486. The van der Waals surface area contributed by atoms with Gasteiger partial charge in [-0.1, -0.05) is 24.3 Å². The van der Waals surface area contributed by atoms with Crippen LogP contribution in [0.5, 0.6) is 5.75 Å². The first-order valence-electron chi connectivity index (χ1n) is 10.1. The second-order valence-electron chi connectivity index (χ2n) is 7.32. The molecule has 1 aromatic heterocycles. The number of nitrogens with one attached hydrogen (secondary N) is 1. The van der Waals surface area contributed by atoms with E-state index in [-0.39, 0.29) is 20.4 Å². The summed E-state index contributed by atoms with van der Waals surface area (Å²) in [5.74, 6) is 0.108. The van der Waals surface area contributed by atoms with Crippen molar-refractivity contribution < 1.29 is 21.0 Å². The lowest BCUT2D eigenvalue weighted by Gasteiger charge is -2.11. The number of pyridine rings is 1. The van der Waals surface area contributed by atoms with Gasteiger partial charge < -0.3 is 9.50 Å². The van der Waals surface area contributed by atoms with Crippen LogP contribution >= 0.6 is 9.24 Å². The van der Waals surface area contributed by atoms with E-state index in [1.807, 2.05) is 12.1 Å². The summed E-state index contributed by atoms with van der Waals surface area (Å²) < 4.78 is 56.7. The van der Waals surface area contributed by atoms with Crippen LogP contribution in [0, 0.1) is 0 Å². The summed E-state index contributed by atoms with van der Waals surface area (Å²) in [5, 5.41) is 4.05. The monoisotopic (exact) mass is 512 g/mol. The molecule has 0 amide bonds. The normalized spacial score (nSPS) is 11.7. The van der Waals surface area contributed by atoms with Gasteiger partial charge in [0, 0.05) is 24.6 Å². The molecule has 4 rings (SSSR count). The van der Waals surface area contributed by atoms with Crippen LogP contribution in [0.2, 0.25) is 0 Å². The fraction of sp³-hybridized carbons (Fsp3) is 0.0417. The maximum Gasteiger partial charge on any atom is 0.339 e. The summed E-state index contributed by atoms with van der Waals surface area (Å²) in [7, 11) is -5.66. The molecule has 0 fully saturated rings. The lowest BCUT2D eigenvalue weighted by atomic mass is 10.2.